The van der Waals surface area contributed by atoms with Crippen molar-refractivity contribution in [3.05, 3.63) is 119 Å². The lowest BCUT2D eigenvalue weighted by Crippen LogP contribution is -2.34. The molecule has 4 N–H and O–H groups in total. The average Bonchev–Trinajstić information content (AvgIpc) is 3.07. The second-order valence-electron chi connectivity index (χ2n) is 10.4. The zero-order chi connectivity index (χ0) is 30.9. The average molecular weight is 614 g/mol. The number of thioether (sulfide) groups is 1. The zero-order valence-corrected chi connectivity index (χ0v) is 25.1. The largest absolute Gasteiger partial charge is 0.478 e. The van der Waals surface area contributed by atoms with Gasteiger partial charge in [-0.25, -0.2) is 14.6 Å². The fourth-order valence-corrected chi connectivity index (χ4v) is 5.97. The molecule has 1 fully saturated rings. The first-order chi connectivity index (χ1) is 21.4. The van der Waals surface area contributed by atoms with Crippen LogP contribution in [0.15, 0.2) is 96.2 Å². The molecule has 0 aliphatic carbocycles. The van der Waals surface area contributed by atoms with E-state index in [2.05, 4.69) is 21.7 Å². The number of pyridine rings is 1. The van der Waals surface area contributed by atoms with Crippen LogP contribution in [0.5, 0.6) is 0 Å². The van der Waals surface area contributed by atoms with E-state index in [1.165, 1.54) is 11.8 Å². The Hall–Kier alpha value is -4.22. The first-order valence-electron chi connectivity index (χ1n) is 14.5. The van der Waals surface area contributed by atoms with Crippen LogP contribution in [0.4, 0.5) is 4.79 Å². The van der Waals surface area contributed by atoms with Crippen molar-refractivity contribution in [2.75, 3.05) is 12.3 Å². The summed E-state index contributed by atoms with van der Waals surface area (Å²) in [6.45, 7) is 2.83. The summed E-state index contributed by atoms with van der Waals surface area (Å²) >= 11 is 1.36. The first-order valence-corrected chi connectivity index (χ1v) is 15.4. The molecule has 1 saturated heterocycles. The van der Waals surface area contributed by atoms with Gasteiger partial charge >= 0.3 is 12.0 Å². The summed E-state index contributed by atoms with van der Waals surface area (Å²) in [6, 6.07) is 26.7. The smallest absolute Gasteiger partial charge is 0.338 e. The number of aliphatic hydroxyl groups excluding tert-OH is 1. The van der Waals surface area contributed by atoms with Crippen LogP contribution in [0.25, 0.3) is 11.1 Å². The zero-order valence-electron chi connectivity index (χ0n) is 24.3. The normalized spacial score (nSPS) is 18.0. The minimum absolute atomic E-state index is 0.0350. The van der Waals surface area contributed by atoms with Gasteiger partial charge in [0.25, 0.3) is 0 Å². The molecule has 10 heteroatoms. The molecular weight excluding hydrogens is 578 g/mol. The van der Waals surface area contributed by atoms with Gasteiger partial charge < -0.3 is 30.3 Å². The van der Waals surface area contributed by atoms with Gasteiger partial charge in [0.05, 0.1) is 24.4 Å². The van der Waals surface area contributed by atoms with Crippen molar-refractivity contribution >= 4 is 23.8 Å². The number of carbonyl (C=O) groups excluding carboxylic acids is 1. The number of nitrogens with zero attached hydrogens (tertiary/aromatic N) is 1. The van der Waals surface area contributed by atoms with Crippen molar-refractivity contribution in [2.24, 2.45) is 0 Å². The Labute approximate surface area is 260 Å². The van der Waals surface area contributed by atoms with Gasteiger partial charge in [-0.15, -0.1) is 11.8 Å². The van der Waals surface area contributed by atoms with E-state index in [1.54, 1.807) is 18.3 Å². The molecule has 0 radical (unpaired) electrons. The van der Waals surface area contributed by atoms with Gasteiger partial charge in [-0.2, -0.15) is 0 Å². The maximum Gasteiger partial charge on any atom is 0.338 e. The highest BCUT2D eigenvalue weighted by atomic mass is 32.2. The van der Waals surface area contributed by atoms with E-state index in [-0.39, 0.29) is 30.4 Å². The molecule has 0 spiro atoms. The highest BCUT2D eigenvalue weighted by Crippen LogP contribution is 2.40. The summed E-state index contributed by atoms with van der Waals surface area (Å²) in [5.41, 5.74) is 5.85. The van der Waals surface area contributed by atoms with Gasteiger partial charge in [-0.3, -0.25) is 0 Å². The Balaban J connectivity index is 1.33. The summed E-state index contributed by atoms with van der Waals surface area (Å²) in [5.74, 6) is -0.519. The second kappa shape index (κ2) is 15.0. The van der Waals surface area contributed by atoms with Crippen LogP contribution in [0.3, 0.4) is 0 Å². The number of rotatable bonds is 11. The molecule has 0 unspecified atom stereocenters. The molecule has 3 atom stereocenters. The number of carboxylic acid groups (broad SMARTS) is 1. The number of ether oxygens (including phenoxy) is 2. The Morgan fingerprint density at radius 3 is 2.41 bits per heavy atom. The summed E-state index contributed by atoms with van der Waals surface area (Å²) in [5, 5.41) is 25.1. The number of carboxylic acids is 1. The van der Waals surface area contributed by atoms with E-state index in [4.69, 9.17) is 9.47 Å². The van der Waals surface area contributed by atoms with Gasteiger partial charge in [0.1, 0.15) is 5.03 Å². The Morgan fingerprint density at radius 2 is 1.68 bits per heavy atom. The SMILES string of the molecule is CCNC(=O)NCc1cccc(-c2ccc([C@H]3O[C@@H](CSc4ncccc4C(=O)O)C[C@@H](c4ccc(CO)cc4)O3)cc2)c1. The molecule has 4 aromatic rings. The number of aromatic carboxylic acids is 1. The number of aromatic nitrogens is 1. The van der Waals surface area contributed by atoms with Crippen molar-refractivity contribution < 1.29 is 29.3 Å². The summed E-state index contributed by atoms with van der Waals surface area (Å²) in [7, 11) is 0. The first kappa shape index (κ1) is 31.2. The lowest BCUT2D eigenvalue weighted by Gasteiger charge is -2.36. The van der Waals surface area contributed by atoms with Crippen molar-refractivity contribution in [1.29, 1.82) is 0 Å². The maximum absolute atomic E-state index is 11.8. The van der Waals surface area contributed by atoms with Crippen LogP contribution in [0.2, 0.25) is 0 Å². The number of aliphatic hydroxyl groups is 1. The Kier molecular flexibility index (Phi) is 10.6. The number of hydrogen-bond acceptors (Lipinski definition) is 7. The lowest BCUT2D eigenvalue weighted by atomic mass is 9.99. The lowest BCUT2D eigenvalue weighted by molar-refractivity contribution is -0.245. The predicted octanol–water partition coefficient (Wildman–Crippen LogP) is 6.10. The van der Waals surface area contributed by atoms with Crippen LogP contribution < -0.4 is 10.6 Å². The van der Waals surface area contributed by atoms with Crippen LogP contribution in [0, 0.1) is 0 Å². The number of nitrogens with one attached hydrogen (secondary N) is 2. The van der Waals surface area contributed by atoms with Crippen molar-refractivity contribution in [1.82, 2.24) is 15.6 Å². The topological polar surface area (TPSA) is 130 Å². The van der Waals surface area contributed by atoms with Gasteiger partial charge in [0, 0.05) is 37.0 Å². The van der Waals surface area contributed by atoms with Crippen LogP contribution in [-0.2, 0) is 22.6 Å². The molecule has 1 aromatic heterocycles. The highest BCUT2D eigenvalue weighted by Gasteiger charge is 2.32. The number of benzene rings is 3. The Bertz CT molecular complexity index is 1560. The molecule has 2 amide bonds. The number of carbonyl (C=O) groups is 2. The molecule has 3 aromatic carbocycles. The van der Waals surface area contributed by atoms with Gasteiger partial charge in [0.15, 0.2) is 6.29 Å². The number of amides is 2. The monoisotopic (exact) mass is 613 g/mol. The van der Waals surface area contributed by atoms with Crippen LogP contribution in [0.1, 0.15) is 58.4 Å². The molecular formula is C34H35N3O6S. The molecule has 5 rings (SSSR count). The van der Waals surface area contributed by atoms with Crippen molar-refractivity contribution in [3.8, 4) is 11.1 Å². The van der Waals surface area contributed by atoms with Crippen LogP contribution in [-0.4, -0.2) is 45.6 Å². The predicted molar refractivity (Wildman–Crippen MR) is 168 cm³/mol. The van der Waals surface area contributed by atoms with E-state index in [0.717, 1.165) is 33.4 Å². The molecule has 9 nitrogen and oxygen atoms in total. The van der Waals surface area contributed by atoms with E-state index in [1.807, 2.05) is 73.7 Å². The third kappa shape index (κ3) is 8.03. The van der Waals surface area contributed by atoms with Gasteiger partial charge in [0.2, 0.25) is 0 Å². The van der Waals surface area contributed by atoms with Gasteiger partial charge in [-0.1, -0.05) is 66.7 Å². The fraction of sp³-hybridized carbons (Fsp3) is 0.265. The highest BCUT2D eigenvalue weighted by molar-refractivity contribution is 7.99. The molecule has 44 heavy (non-hydrogen) atoms. The minimum Gasteiger partial charge on any atom is -0.478 e. The number of hydrogen-bond donors (Lipinski definition) is 4. The van der Waals surface area contributed by atoms with Crippen molar-refractivity contribution in [2.45, 2.75) is 50.0 Å². The summed E-state index contributed by atoms with van der Waals surface area (Å²) < 4.78 is 12.9. The second-order valence-corrected chi connectivity index (χ2v) is 11.4. The number of urea groups is 1. The Morgan fingerprint density at radius 1 is 0.909 bits per heavy atom. The molecule has 228 valence electrons. The summed E-state index contributed by atoms with van der Waals surface area (Å²) in [6.07, 6.45) is 1.03. The molecule has 1 aliphatic rings. The fourth-order valence-electron chi connectivity index (χ4n) is 4.96. The van der Waals surface area contributed by atoms with Crippen LogP contribution >= 0.6 is 11.8 Å². The standard InChI is InChI=1S/C34H35N3O6S/c1-2-35-34(41)37-19-23-5-3-6-27(17-23)24-12-14-26(15-13-24)33-42-28(21-44-31-29(32(39)40)7-4-16-36-31)18-30(43-33)25-10-8-22(20-38)9-11-25/h3-17,28,30,33,38H,2,18-21H2,1H3,(H,39,40)(H2,35,37,41)/t28-,30+,33+/m1/s1. The van der Waals surface area contributed by atoms with E-state index < -0.39 is 12.3 Å². The third-order valence-electron chi connectivity index (χ3n) is 7.26. The minimum atomic E-state index is -1.02. The quantitative estimate of drug-likeness (QED) is 0.150. The van der Waals surface area contributed by atoms with Crippen molar-refractivity contribution in [3.63, 3.8) is 0 Å². The third-order valence-corrected chi connectivity index (χ3v) is 8.39. The van der Waals surface area contributed by atoms with E-state index >= 15 is 0 Å². The summed E-state index contributed by atoms with van der Waals surface area (Å²) in [4.78, 5) is 27.8. The van der Waals surface area contributed by atoms with Gasteiger partial charge in [-0.05, 0) is 52.9 Å². The maximum atomic E-state index is 11.8. The molecule has 2 heterocycles. The molecule has 0 bridgehead atoms. The van der Waals surface area contributed by atoms with E-state index in [9.17, 15) is 19.8 Å². The van der Waals surface area contributed by atoms with E-state index in [0.29, 0.717) is 30.3 Å². The molecule has 0 saturated carbocycles. The molecule has 1 aliphatic heterocycles.